The van der Waals surface area contributed by atoms with Crippen LogP contribution in [0.15, 0.2) is 6.20 Å². The molecule has 2 heterocycles. The molecule has 1 saturated heterocycles. The van der Waals surface area contributed by atoms with Gasteiger partial charge in [0.1, 0.15) is 0 Å². The van der Waals surface area contributed by atoms with Gasteiger partial charge < -0.3 is 10.2 Å². The van der Waals surface area contributed by atoms with Gasteiger partial charge in [-0.1, -0.05) is 5.21 Å². The Labute approximate surface area is 96.8 Å². The summed E-state index contributed by atoms with van der Waals surface area (Å²) in [6, 6.07) is 0.403. The quantitative estimate of drug-likeness (QED) is 0.798. The van der Waals surface area contributed by atoms with E-state index < -0.39 is 0 Å². The van der Waals surface area contributed by atoms with E-state index in [-0.39, 0.29) is 0 Å². The third kappa shape index (κ3) is 3.02. The first kappa shape index (κ1) is 11.5. The smallest absolute Gasteiger partial charge is 0.0840 e. The van der Waals surface area contributed by atoms with Gasteiger partial charge in [-0.15, -0.1) is 5.10 Å². The van der Waals surface area contributed by atoms with Crippen LogP contribution in [0.1, 0.15) is 25.6 Å². The molecule has 1 aliphatic rings. The van der Waals surface area contributed by atoms with Gasteiger partial charge in [0.05, 0.1) is 5.69 Å². The van der Waals surface area contributed by atoms with E-state index in [4.69, 9.17) is 0 Å². The van der Waals surface area contributed by atoms with Gasteiger partial charge in [0, 0.05) is 51.4 Å². The lowest BCUT2D eigenvalue weighted by atomic mass is 10.3. The third-order valence-corrected chi connectivity index (χ3v) is 2.98. The fourth-order valence-corrected chi connectivity index (χ4v) is 1.89. The zero-order valence-electron chi connectivity index (χ0n) is 10.2. The van der Waals surface area contributed by atoms with E-state index in [1.54, 1.807) is 0 Å². The molecule has 1 N–H and O–H groups in total. The zero-order valence-corrected chi connectivity index (χ0v) is 10.2. The summed E-state index contributed by atoms with van der Waals surface area (Å²) in [6.07, 6.45) is 3.07. The van der Waals surface area contributed by atoms with Crippen LogP contribution >= 0.6 is 0 Å². The van der Waals surface area contributed by atoms with Crippen LogP contribution in [0.3, 0.4) is 0 Å². The maximum atomic E-state index is 4.19. The second-order valence-corrected chi connectivity index (χ2v) is 4.63. The highest BCUT2D eigenvalue weighted by molar-refractivity contribution is 4.94. The van der Waals surface area contributed by atoms with Crippen LogP contribution in [0.5, 0.6) is 0 Å². The minimum atomic E-state index is 0.403. The Kier molecular flexibility index (Phi) is 3.90. The summed E-state index contributed by atoms with van der Waals surface area (Å²) in [6.45, 7) is 9.86. The average Bonchev–Trinajstić information content (AvgIpc) is 2.76. The molecule has 0 amide bonds. The van der Waals surface area contributed by atoms with E-state index in [0.717, 1.165) is 44.8 Å². The van der Waals surface area contributed by atoms with Crippen molar-refractivity contribution in [3.8, 4) is 0 Å². The minimum Gasteiger partial charge on any atom is -0.314 e. The number of nitrogens with zero attached hydrogens (tertiary/aromatic N) is 4. The number of rotatable bonds is 4. The Balaban J connectivity index is 1.79. The van der Waals surface area contributed by atoms with Gasteiger partial charge in [-0.2, -0.15) is 0 Å². The summed E-state index contributed by atoms with van der Waals surface area (Å²) in [5, 5.41) is 11.7. The molecule has 0 atom stereocenters. The number of hydrogen-bond acceptors (Lipinski definition) is 4. The Hall–Kier alpha value is -0.940. The predicted molar refractivity (Wildman–Crippen MR) is 63.4 cm³/mol. The molecule has 0 aliphatic carbocycles. The maximum absolute atomic E-state index is 4.19. The van der Waals surface area contributed by atoms with E-state index in [0.29, 0.717) is 6.04 Å². The molecular formula is C11H21N5. The molecule has 90 valence electrons. The lowest BCUT2D eigenvalue weighted by Gasteiger charge is -2.26. The summed E-state index contributed by atoms with van der Waals surface area (Å²) in [5.41, 5.74) is 1.10. The van der Waals surface area contributed by atoms with Gasteiger partial charge >= 0.3 is 0 Å². The van der Waals surface area contributed by atoms with Crippen molar-refractivity contribution in [3.05, 3.63) is 11.9 Å². The minimum absolute atomic E-state index is 0.403. The summed E-state index contributed by atoms with van der Waals surface area (Å²) >= 11 is 0. The SMILES string of the molecule is CC(C)n1cc(CCN2CCNCC2)nn1. The fourth-order valence-electron chi connectivity index (χ4n) is 1.89. The summed E-state index contributed by atoms with van der Waals surface area (Å²) in [5.74, 6) is 0. The van der Waals surface area contributed by atoms with Gasteiger partial charge in [-0.05, 0) is 13.8 Å². The molecule has 0 bridgehead atoms. The van der Waals surface area contributed by atoms with E-state index in [1.807, 2.05) is 4.68 Å². The van der Waals surface area contributed by atoms with E-state index in [9.17, 15) is 0 Å². The standard InChI is InChI=1S/C11H21N5/c1-10(2)16-9-11(13-14-16)3-6-15-7-4-12-5-8-15/h9-10,12H,3-8H2,1-2H3. The summed E-state index contributed by atoms with van der Waals surface area (Å²) < 4.78 is 1.92. The first-order chi connectivity index (χ1) is 7.75. The van der Waals surface area contributed by atoms with E-state index in [1.165, 1.54) is 0 Å². The molecule has 5 heteroatoms. The van der Waals surface area contributed by atoms with Crippen molar-refractivity contribution in [3.63, 3.8) is 0 Å². The van der Waals surface area contributed by atoms with Crippen LogP contribution in [0.25, 0.3) is 0 Å². The van der Waals surface area contributed by atoms with Crippen molar-refractivity contribution in [1.82, 2.24) is 25.2 Å². The summed E-state index contributed by atoms with van der Waals surface area (Å²) in [7, 11) is 0. The number of hydrogen-bond donors (Lipinski definition) is 1. The second kappa shape index (κ2) is 5.41. The zero-order chi connectivity index (χ0) is 11.4. The number of nitrogens with one attached hydrogen (secondary N) is 1. The van der Waals surface area contributed by atoms with Gasteiger partial charge in [0.2, 0.25) is 0 Å². The largest absolute Gasteiger partial charge is 0.314 e. The molecule has 1 aromatic heterocycles. The Morgan fingerprint density at radius 1 is 1.38 bits per heavy atom. The molecular weight excluding hydrogens is 202 g/mol. The maximum Gasteiger partial charge on any atom is 0.0840 e. The first-order valence-electron chi connectivity index (χ1n) is 6.09. The lowest BCUT2D eigenvalue weighted by Crippen LogP contribution is -2.44. The number of piperazine rings is 1. The molecule has 5 nitrogen and oxygen atoms in total. The van der Waals surface area contributed by atoms with Crippen LogP contribution in [-0.4, -0.2) is 52.6 Å². The van der Waals surface area contributed by atoms with Crippen molar-refractivity contribution >= 4 is 0 Å². The Morgan fingerprint density at radius 3 is 2.75 bits per heavy atom. The van der Waals surface area contributed by atoms with Crippen molar-refractivity contribution in [2.45, 2.75) is 26.3 Å². The van der Waals surface area contributed by atoms with Gasteiger partial charge in [0.15, 0.2) is 0 Å². The van der Waals surface area contributed by atoms with Crippen molar-refractivity contribution < 1.29 is 0 Å². The van der Waals surface area contributed by atoms with E-state index >= 15 is 0 Å². The normalized spacial score (nSPS) is 18.2. The monoisotopic (exact) mass is 223 g/mol. The van der Waals surface area contributed by atoms with E-state index in [2.05, 4.69) is 40.6 Å². The second-order valence-electron chi connectivity index (χ2n) is 4.63. The predicted octanol–water partition coefficient (Wildman–Crippen LogP) is 0.307. The van der Waals surface area contributed by atoms with Gasteiger partial charge in [0.25, 0.3) is 0 Å². The summed E-state index contributed by atoms with van der Waals surface area (Å²) in [4.78, 5) is 2.48. The first-order valence-corrected chi connectivity index (χ1v) is 6.09. The molecule has 1 aliphatic heterocycles. The molecule has 1 aromatic rings. The van der Waals surface area contributed by atoms with Gasteiger partial charge in [-0.25, -0.2) is 4.68 Å². The highest BCUT2D eigenvalue weighted by atomic mass is 15.4. The highest BCUT2D eigenvalue weighted by Gasteiger charge is 2.10. The Morgan fingerprint density at radius 2 is 2.12 bits per heavy atom. The topological polar surface area (TPSA) is 46.0 Å². The van der Waals surface area contributed by atoms with Crippen molar-refractivity contribution in [2.75, 3.05) is 32.7 Å². The van der Waals surface area contributed by atoms with Crippen LogP contribution in [0.2, 0.25) is 0 Å². The van der Waals surface area contributed by atoms with Crippen LogP contribution in [-0.2, 0) is 6.42 Å². The third-order valence-electron chi connectivity index (χ3n) is 2.98. The van der Waals surface area contributed by atoms with Crippen LogP contribution in [0.4, 0.5) is 0 Å². The molecule has 0 aromatic carbocycles. The molecule has 0 radical (unpaired) electrons. The molecule has 0 unspecified atom stereocenters. The average molecular weight is 223 g/mol. The Bertz CT molecular complexity index is 314. The molecule has 0 spiro atoms. The molecule has 2 rings (SSSR count). The lowest BCUT2D eigenvalue weighted by molar-refractivity contribution is 0.243. The molecule has 16 heavy (non-hydrogen) atoms. The van der Waals surface area contributed by atoms with Crippen molar-refractivity contribution in [2.24, 2.45) is 0 Å². The van der Waals surface area contributed by atoms with Crippen molar-refractivity contribution in [1.29, 1.82) is 0 Å². The number of aromatic nitrogens is 3. The highest BCUT2D eigenvalue weighted by Crippen LogP contribution is 2.04. The van der Waals surface area contributed by atoms with Gasteiger partial charge in [-0.3, -0.25) is 0 Å². The fraction of sp³-hybridized carbons (Fsp3) is 0.818. The van der Waals surface area contributed by atoms with Crippen LogP contribution < -0.4 is 5.32 Å². The molecule has 1 fully saturated rings. The molecule has 0 saturated carbocycles. The van der Waals surface area contributed by atoms with Crippen LogP contribution in [0, 0.1) is 0 Å².